The van der Waals surface area contributed by atoms with E-state index >= 15 is 0 Å². The molecule has 3 aliphatic rings. The smallest absolute Gasteiger partial charge is 0.259 e. The van der Waals surface area contributed by atoms with Crippen LogP contribution in [0.4, 0.5) is 5.69 Å². The molecule has 2 fully saturated rings. The molecule has 2 saturated heterocycles. The largest absolute Gasteiger partial charge is 0.338 e. The molecule has 1 atom stereocenters. The molecule has 3 aromatic carbocycles. The van der Waals surface area contributed by atoms with Crippen LogP contribution < -0.4 is 10.2 Å². The van der Waals surface area contributed by atoms with Gasteiger partial charge < -0.3 is 4.90 Å². The number of benzene rings is 3. The van der Waals surface area contributed by atoms with E-state index in [9.17, 15) is 19.2 Å². The number of anilines is 1. The summed E-state index contributed by atoms with van der Waals surface area (Å²) < 4.78 is 2.02. The lowest BCUT2D eigenvalue weighted by Crippen LogP contribution is -2.53. The first-order valence-electron chi connectivity index (χ1n) is 14.1. The zero-order chi connectivity index (χ0) is 28.1. The molecule has 206 valence electrons. The maximum Gasteiger partial charge on any atom is 0.259 e. The number of carbonyl (C=O) groups excluding carboxylic acids is 4. The summed E-state index contributed by atoms with van der Waals surface area (Å²) in [6.07, 6.45) is 6.85. The van der Waals surface area contributed by atoms with Crippen LogP contribution in [-0.4, -0.2) is 57.4 Å². The van der Waals surface area contributed by atoms with Gasteiger partial charge in [-0.2, -0.15) is 5.10 Å². The maximum atomic E-state index is 13.4. The van der Waals surface area contributed by atoms with Crippen molar-refractivity contribution in [1.82, 2.24) is 20.0 Å². The van der Waals surface area contributed by atoms with Crippen molar-refractivity contribution in [2.75, 3.05) is 18.0 Å². The van der Waals surface area contributed by atoms with Gasteiger partial charge in [-0.05, 0) is 60.0 Å². The summed E-state index contributed by atoms with van der Waals surface area (Å²) in [6.45, 7) is 1.39. The van der Waals surface area contributed by atoms with Crippen molar-refractivity contribution in [2.24, 2.45) is 0 Å². The van der Waals surface area contributed by atoms with Gasteiger partial charge in [0.25, 0.3) is 11.8 Å². The molecule has 0 radical (unpaired) electrons. The molecular formula is C32H29N5O4. The molecule has 1 aromatic heterocycles. The number of aromatic nitrogens is 2. The van der Waals surface area contributed by atoms with E-state index in [0.29, 0.717) is 37.2 Å². The third-order valence-corrected chi connectivity index (χ3v) is 8.54. The van der Waals surface area contributed by atoms with Gasteiger partial charge in [0.2, 0.25) is 11.8 Å². The molecule has 4 amide bonds. The molecular weight excluding hydrogens is 518 g/mol. The first kappa shape index (κ1) is 25.2. The lowest BCUT2D eigenvalue weighted by atomic mass is 9.97. The first-order chi connectivity index (χ1) is 20.0. The molecule has 4 aromatic rings. The summed E-state index contributed by atoms with van der Waals surface area (Å²) >= 11 is 0. The van der Waals surface area contributed by atoms with Crippen molar-refractivity contribution in [3.63, 3.8) is 0 Å². The van der Waals surface area contributed by atoms with E-state index in [1.54, 1.807) is 11.0 Å². The van der Waals surface area contributed by atoms with Crippen LogP contribution in [0.2, 0.25) is 0 Å². The fraction of sp³-hybridized carbons (Fsp3) is 0.281. The van der Waals surface area contributed by atoms with E-state index in [1.165, 1.54) is 0 Å². The molecule has 0 saturated carbocycles. The van der Waals surface area contributed by atoms with Gasteiger partial charge in [0.15, 0.2) is 0 Å². The monoisotopic (exact) mass is 547 g/mol. The minimum absolute atomic E-state index is 0.0758. The second-order valence-electron chi connectivity index (χ2n) is 11.0. The lowest BCUT2D eigenvalue weighted by molar-refractivity contribution is -0.134. The van der Waals surface area contributed by atoms with Gasteiger partial charge in [-0.25, -0.2) is 0 Å². The highest BCUT2D eigenvalue weighted by Crippen LogP contribution is 2.41. The third kappa shape index (κ3) is 4.38. The molecule has 9 nitrogen and oxygen atoms in total. The number of carbonyl (C=O) groups is 4. The number of rotatable bonds is 5. The normalized spacial score (nSPS) is 19.2. The van der Waals surface area contributed by atoms with Crippen LogP contribution in [0, 0.1) is 0 Å². The maximum absolute atomic E-state index is 13.4. The van der Waals surface area contributed by atoms with E-state index in [-0.39, 0.29) is 30.2 Å². The summed E-state index contributed by atoms with van der Waals surface area (Å²) in [5.41, 5.74) is 4.16. The predicted molar refractivity (Wildman–Crippen MR) is 153 cm³/mol. The average Bonchev–Trinajstić information content (AvgIpc) is 3.58. The Morgan fingerprint density at radius 3 is 2.51 bits per heavy atom. The van der Waals surface area contributed by atoms with Crippen LogP contribution in [0.3, 0.4) is 0 Å². The molecule has 1 N–H and O–H groups in total. The van der Waals surface area contributed by atoms with Crippen molar-refractivity contribution in [3.8, 4) is 0 Å². The Balaban J connectivity index is 1.08. The SMILES string of the molecule is O=C1CCC(N2C(=O)c3cccc4c(Cc5cnn(C6CCN(C(=O)c7ccccc7)CC6)c5)ccc2c34)C(=O)N1. The summed E-state index contributed by atoms with van der Waals surface area (Å²) in [7, 11) is 0. The molecule has 4 heterocycles. The van der Waals surface area contributed by atoms with E-state index in [1.807, 2.05) is 70.4 Å². The summed E-state index contributed by atoms with van der Waals surface area (Å²) in [4.78, 5) is 54.0. The number of nitrogens with zero attached hydrogens (tertiary/aromatic N) is 4. The van der Waals surface area contributed by atoms with Crippen LogP contribution in [0.15, 0.2) is 73.1 Å². The van der Waals surface area contributed by atoms with Gasteiger partial charge in [-0.1, -0.05) is 36.4 Å². The highest BCUT2D eigenvalue weighted by molar-refractivity contribution is 6.27. The van der Waals surface area contributed by atoms with Gasteiger partial charge in [0, 0.05) is 48.6 Å². The fourth-order valence-electron chi connectivity index (χ4n) is 6.44. The van der Waals surface area contributed by atoms with Crippen molar-refractivity contribution >= 4 is 40.1 Å². The number of imide groups is 1. The summed E-state index contributed by atoms with van der Waals surface area (Å²) in [6, 6.07) is 18.6. The number of hydrogen-bond donors (Lipinski definition) is 1. The Bertz CT molecular complexity index is 1700. The van der Waals surface area contributed by atoms with E-state index in [4.69, 9.17) is 0 Å². The Kier molecular flexibility index (Phi) is 6.14. The highest BCUT2D eigenvalue weighted by Gasteiger charge is 2.40. The van der Waals surface area contributed by atoms with Crippen molar-refractivity contribution < 1.29 is 19.2 Å². The number of hydrogen-bond acceptors (Lipinski definition) is 5. The quantitative estimate of drug-likeness (QED) is 0.382. The summed E-state index contributed by atoms with van der Waals surface area (Å²) in [5.74, 6) is -0.862. The van der Waals surface area contributed by atoms with Gasteiger partial charge in [-0.3, -0.25) is 34.1 Å². The van der Waals surface area contributed by atoms with Crippen LogP contribution in [0.5, 0.6) is 0 Å². The molecule has 9 heteroatoms. The van der Waals surface area contributed by atoms with Gasteiger partial charge in [0.05, 0.1) is 17.9 Å². The molecule has 7 rings (SSSR count). The minimum atomic E-state index is -0.700. The lowest BCUT2D eigenvalue weighted by Gasteiger charge is -2.32. The summed E-state index contributed by atoms with van der Waals surface area (Å²) in [5, 5.41) is 8.87. The fourth-order valence-corrected chi connectivity index (χ4v) is 6.44. The van der Waals surface area contributed by atoms with E-state index in [2.05, 4.69) is 16.6 Å². The van der Waals surface area contributed by atoms with Crippen LogP contribution in [0.1, 0.15) is 63.6 Å². The number of nitrogens with one attached hydrogen (secondary N) is 1. The van der Waals surface area contributed by atoms with Crippen LogP contribution in [0.25, 0.3) is 10.8 Å². The van der Waals surface area contributed by atoms with Crippen LogP contribution in [-0.2, 0) is 16.0 Å². The van der Waals surface area contributed by atoms with Gasteiger partial charge in [-0.15, -0.1) is 0 Å². The first-order valence-corrected chi connectivity index (χ1v) is 14.1. The zero-order valence-corrected chi connectivity index (χ0v) is 22.5. The molecule has 1 unspecified atom stereocenters. The van der Waals surface area contributed by atoms with E-state index < -0.39 is 11.9 Å². The third-order valence-electron chi connectivity index (χ3n) is 8.54. The van der Waals surface area contributed by atoms with Gasteiger partial charge >= 0.3 is 0 Å². The van der Waals surface area contributed by atoms with Gasteiger partial charge in [0.1, 0.15) is 6.04 Å². The topological polar surface area (TPSA) is 105 Å². The van der Waals surface area contributed by atoms with Crippen LogP contribution >= 0.6 is 0 Å². The Morgan fingerprint density at radius 2 is 1.73 bits per heavy atom. The Hall–Kier alpha value is -4.79. The van der Waals surface area contributed by atoms with Crippen molar-refractivity contribution in [3.05, 3.63) is 95.3 Å². The molecule has 41 heavy (non-hydrogen) atoms. The second kappa shape index (κ2) is 9.99. The molecule has 3 aliphatic heterocycles. The predicted octanol–water partition coefficient (Wildman–Crippen LogP) is 3.87. The van der Waals surface area contributed by atoms with Crippen molar-refractivity contribution in [2.45, 2.75) is 44.2 Å². The molecule has 0 bridgehead atoms. The molecule has 0 aliphatic carbocycles. The number of amides is 4. The average molecular weight is 548 g/mol. The van der Waals surface area contributed by atoms with Crippen molar-refractivity contribution in [1.29, 1.82) is 0 Å². The Morgan fingerprint density at radius 1 is 0.927 bits per heavy atom. The number of piperidine rings is 2. The minimum Gasteiger partial charge on any atom is -0.338 e. The standard InChI is InChI=1S/C32H29N5O4/c38-28-12-11-27(30(39)34-28)37-26-10-9-22(24-7-4-8-25(29(24)26)32(37)41)17-20-18-33-36(19-20)23-13-15-35(16-14-23)31(40)21-5-2-1-3-6-21/h1-10,18-19,23,27H,11-17H2,(H,34,38,39). The second-order valence-corrected chi connectivity index (χ2v) is 11.0. The van der Waals surface area contributed by atoms with E-state index in [0.717, 1.165) is 40.3 Å². The Labute approximate surface area is 236 Å². The number of likely N-dealkylation sites (tertiary alicyclic amines) is 1. The molecule has 0 spiro atoms. The highest BCUT2D eigenvalue weighted by atomic mass is 16.2. The zero-order valence-electron chi connectivity index (χ0n) is 22.5.